The summed E-state index contributed by atoms with van der Waals surface area (Å²) in [6.45, 7) is 0. The number of hydrogen-bond acceptors (Lipinski definition) is 3. The number of aromatic amines is 1. The molecule has 1 aromatic carbocycles. The Morgan fingerprint density at radius 1 is 1.38 bits per heavy atom. The van der Waals surface area contributed by atoms with Crippen LogP contribution in [0.15, 0.2) is 47.4 Å². The van der Waals surface area contributed by atoms with Gasteiger partial charge in [-0.1, -0.05) is 18.2 Å². The van der Waals surface area contributed by atoms with E-state index in [9.17, 15) is 4.79 Å². The molecule has 5 heteroatoms. The number of imidazole rings is 1. The van der Waals surface area contributed by atoms with Gasteiger partial charge in [-0.15, -0.1) is 11.8 Å². The summed E-state index contributed by atoms with van der Waals surface area (Å²) in [4.78, 5) is 19.8. The molecule has 0 atom stereocenters. The zero-order valence-corrected chi connectivity index (χ0v) is 12.3. The number of fused-ring (bicyclic) bond motifs is 3. The standard InChI is InChI=1S/C16H13N3OS/c1-19-13-5-3-2-4-12(13)14-15(20)10(8-21-16(14)19)6-11-7-17-9-18-11/h2-7,9H,8H2,1H3,(H,17,18). The fraction of sp³-hybridized carbons (Fsp3) is 0.125. The van der Waals surface area contributed by atoms with Crippen molar-refractivity contribution >= 4 is 34.5 Å². The third kappa shape index (κ3) is 1.85. The monoisotopic (exact) mass is 295 g/mol. The lowest BCUT2D eigenvalue weighted by molar-refractivity contribution is 0.103. The molecule has 0 fully saturated rings. The molecule has 1 aliphatic rings. The van der Waals surface area contributed by atoms with Crippen molar-refractivity contribution in [2.24, 2.45) is 7.05 Å². The van der Waals surface area contributed by atoms with E-state index in [1.807, 2.05) is 31.3 Å². The van der Waals surface area contributed by atoms with Crippen LogP contribution in [0.3, 0.4) is 0 Å². The SMILES string of the molecule is Cn1c2c(c3ccccc31)C(=O)C(=Cc1cnc[nH]1)CS2. The van der Waals surface area contributed by atoms with E-state index in [-0.39, 0.29) is 5.78 Å². The van der Waals surface area contributed by atoms with Gasteiger partial charge in [0.25, 0.3) is 0 Å². The van der Waals surface area contributed by atoms with E-state index in [0.717, 1.165) is 32.8 Å². The number of rotatable bonds is 1. The van der Waals surface area contributed by atoms with Crippen LogP contribution in [0.2, 0.25) is 0 Å². The molecule has 0 radical (unpaired) electrons. The molecule has 2 aromatic heterocycles. The van der Waals surface area contributed by atoms with Crippen molar-refractivity contribution in [2.45, 2.75) is 5.03 Å². The molecule has 0 amide bonds. The zero-order valence-electron chi connectivity index (χ0n) is 11.5. The topological polar surface area (TPSA) is 50.7 Å². The lowest BCUT2D eigenvalue weighted by atomic mass is 10.0. The number of ketones is 1. The summed E-state index contributed by atoms with van der Waals surface area (Å²) in [7, 11) is 2.02. The molecule has 4 nitrogen and oxygen atoms in total. The van der Waals surface area contributed by atoms with E-state index in [2.05, 4.69) is 20.6 Å². The van der Waals surface area contributed by atoms with Crippen LogP contribution in [0.4, 0.5) is 0 Å². The first-order valence-corrected chi connectivity index (χ1v) is 7.68. The molecule has 104 valence electrons. The number of hydrogen-bond donors (Lipinski definition) is 1. The van der Waals surface area contributed by atoms with Gasteiger partial charge >= 0.3 is 0 Å². The Balaban J connectivity index is 1.90. The predicted octanol–water partition coefficient (Wildman–Crippen LogP) is 3.27. The molecule has 0 saturated heterocycles. The number of para-hydroxylation sites is 1. The van der Waals surface area contributed by atoms with Gasteiger partial charge in [0.05, 0.1) is 28.8 Å². The Hall–Kier alpha value is -2.27. The van der Waals surface area contributed by atoms with Crippen molar-refractivity contribution in [3.8, 4) is 0 Å². The van der Waals surface area contributed by atoms with Crippen LogP contribution >= 0.6 is 11.8 Å². The van der Waals surface area contributed by atoms with E-state index in [1.54, 1.807) is 24.3 Å². The molecule has 3 heterocycles. The lowest BCUT2D eigenvalue weighted by Gasteiger charge is -2.15. The van der Waals surface area contributed by atoms with E-state index in [1.165, 1.54) is 0 Å². The van der Waals surface area contributed by atoms with Gasteiger partial charge < -0.3 is 9.55 Å². The van der Waals surface area contributed by atoms with Crippen LogP contribution in [-0.4, -0.2) is 26.1 Å². The van der Waals surface area contributed by atoms with Crippen molar-refractivity contribution < 1.29 is 4.79 Å². The Morgan fingerprint density at radius 3 is 3.05 bits per heavy atom. The molecule has 1 N–H and O–H groups in total. The number of aromatic nitrogens is 3. The second-order valence-corrected chi connectivity index (χ2v) is 6.01. The highest BCUT2D eigenvalue weighted by atomic mass is 32.2. The first-order chi connectivity index (χ1) is 10.3. The average molecular weight is 295 g/mol. The number of carbonyl (C=O) groups excluding carboxylic acids is 1. The van der Waals surface area contributed by atoms with Crippen LogP contribution in [0, 0.1) is 0 Å². The van der Waals surface area contributed by atoms with Gasteiger partial charge in [0.1, 0.15) is 0 Å². The zero-order chi connectivity index (χ0) is 14.4. The predicted molar refractivity (Wildman–Crippen MR) is 84.5 cm³/mol. The minimum Gasteiger partial charge on any atom is -0.345 e. The van der Waals surface area contributed by atoms with Crippen molar-refractivity contribution in [3.63, 3.8) is 0 Å². The summed E-state index contributed by atoms with van der Waals surface area (Å²) in [5.74, 6) is 0.810. The first kappa shape index (κ1) is 12.5. The van der Waals surface area contributed by atoms with Crippen LogP contribution in [-0.2, 0) is 7.05 Å². The van der Waals surface area contributed by atoms with Gasteiger partial charge in [-0.25, -0.2) is 4.98 Å². The third-order valence-corrected chi connectivity index (χ3v) is 4.99. The number of Topliss-reactive ketones (excluding diaryl/α,β-unsaturated/α-hetero) is 1. The van der Waals surface area contributed by atoms with Gasteiger partial charge in [-0.05, 0) is 12.1 Å². The minimum absolute atomic E-state index is 0.121. The molecule has 0 unspecified atom stereocenters. The quantitative estimate of drug-likeness (QED) is 0.701. The number of thioether (sulfide) groups is 1. The Labute approximate surface area is 125 Å². The molecular weight excluding hydrogens is 282 g/mol. The van der Waals surface area contributed by atoms with Gasteiger partial charge in [0.15, 0.2) is 5.78 Å². The van der Waals surface area contributed by atoms with Crippen LogP contribution < -0.4 is 0 Å². The van der Waals surface area contributed by atoms with Crippen molar-refractivity contribution in [1.29, 1.82) is 0 Å². The highest BCUT2D eigenvalue weighted by Gasteiger charge is 2.28. The molecule has 0 aliphatic carbocycles. The number of benzene rings is 1. The highest BCUT2D eigenvalue weighted by Crippen LogP contribution is 2.39. The number of nitrogens with zero attached hydrogens (tertiary/aromatic N) is 2. The Kier molecular flexibility index (Phi) is 2.75. The smallest absolute Gasteiger partial charge is 0.193 e. The van der Waals surface area contributed by atoms with Crippen LogP contribution in [0.5, 0.6) is 0 Å². The summed E-state index contributed by atoms with van der Waals surface area (Å²) in [5, 5.41) is 2.09. The van der Waals surface area contributed by atoms with Crippen LogP contribution in [0.25, 0.3) is 17.0 Å². The lowest BCUT2D eigenvalue weighted by Crippen LogP contribution is -2.12. The average Bonchev–Trinajstić information content (AvgIpc) is 3.10. The van der Waals surface area contributed by atoms with Gasteiger partial charge in [0.2, 0.25) is 0 Å². The van der Waals surface area contributed by atoms with E-state index in [0.29, 0.717) is 5.75 Å². The highest BCUT2D eigenvalue weighted by molar-refractivity contribution is 7.99. The molecule has 0 spiro atoms. The molecule has 1 aliphatic heterocycles. The first-order valence-electron chi connectivity index (χ1n) is 6.69. The number of carbonyl (C=O) groups is 1. The molecule has 0 bridgehead atoms. The van der Waals surface area contributed by atoms with Crippen molar-refractivity contribution in [2.75, 3.05) is 5.75 Å². The van der Waals surface area contributed by atoms with E-state index < -0.39 is 0 Å². The third-order valence-electron chi connectivity index (χ3n) is 3.79. The Morgan fingerprint density at radius 2 is 2.24 bits per heavy atom. The number of aryl methyl sites for hydroxylation is 1. The molecule has 4 rings (SSSR count). The maximum atomic E-state index is 12.8. The normalized spacial score (nSPS) is 16.6. The van der Waals surface area contributed by atoms with Gasteiger partial charge in [-0.2, -0.15) is 0 Å². The van der Waals surface area contributed by atoms with Crippen molar-refractivity contribution in [3.05, 3.63) is 53.6 Å². The van der Waals surface area contributed by atoms with Crippen molar-refractivity contribution in [1.82, 2.24) is 14.5 Å². The largest absolute Gasteiger partial charge is 0.345 e. The molecule has 21 heavy (non-hydrogen) atoms. The minimum atomic E-state index is 0.121. The fourth-order valence-corrected chi connectivity index (χ4v) is 3.92. The summed E-state index contributed by atoms with van der Waals surface area (Å²) >= 11 is 1.71. The second kappa shape index (κ2) is 4.63. The van der Waals surface area contributed by atoms with Gasteiger partial charge in [-0.3, -0.25) is 4.79 Å². The van der Waals surface area contributed by atoms with E-state index in [4.69, 9.17) is 0 Å². The second-order valence-electron chi connectivity index (χ2n) is 5.05. The number of H-pyrrole nitrogens is 1. The maximum Gasteiger partial charge on any atom is 0.193 e. The number of nitrogens with one attached hydrogen (secondary N) is 1. The molecular formula is C16H13N3OS. The van der Waals surface area contributed by atoms with E-state index >= 15 is 0 Å². The fourth-order valence-electron chi connectivity index (χ4n) is 2.77. The summed E-state index contributed by atoms with van der Waals surface area (Å²) in [6, 6.07) is 8.06. The van der Waals surface area contributed by atoms with Crippen LogP contribution in [0.1, 0.15) is 16.1 Å². The summed E-state index contributed by atoms with van der Waals surface area (Å²) < 4.78 is 2.11. The molecule has 3 aromatic rings. The molecule has 0 saturated carbocycles. The van der Waals surface area contributed by atoms with Gasteiger partial charge in [0, 0.05) is 29.3 Å². The summed E-state index contributed by atoms with van der Waals surface area (Å²) in [6.07, 6.45) is 5.24. The Bertz CT molecular complexity index is 874. The summed E-state index contributed by atoms with van der Waals surface area (Å²) in [5.41, 5.74) is 3.61. The maximum absolute atomic E-state index is 12.8.